The number of rotatable bonds is 7. The molecule has 2 heterocycles. The molecule has 1 amide bonds. The Morgan fingerprint density at radius 3 is 2.53 bits per heavy atom. The molecule has 0 aliphatic heterocycles. The van der Waals surface area contributed by atoms with Crippen LogP contribution in [0.3, 0.4) is 0 Å². The minimum absolute atomic E-state index is 0.0630. The highest BCUT2D eigenvalue weighted by Gasteiger charge is 2.17. The number of fused-ring (bicyclic) bond motifs is 1. The maximum Gasteiger partial charge on any atom is 0.254 e. The summed E-state index contributed by atoms with van der Waals surface area (Å²) in [6.07, 6.45) is 3.25. The van der Waals surface area contributed by atoms with Crippen LogP contribution < -0.4 is 4.74 Å². The molecule has 4 rings (SSSR count). The fraction of sp³-hybridized carbons (Fsp3) is 0.208. The molecule has 4 aromatic rings. The zero-order valence-electron chi connectivity index (χ0n) is 17.2. The molecule has 0 radical (unpaired) electrons. The molecule has 0 spiro atoms. The van der Waals surface area contributed by atoms with Crippen molar-refractivity contribution in [1.82, 2.24) is 19.4 Å². The van der Waals surface area contributed by atoms with E-state index in [9.17, 15) is 4.79 Å². The molecule has 0 atom stereocenters. The quantitative estimate of drug-likeness (QED) is 0.469. The molecule has 6 heteroatoms. The molecule has 0 unspecified atom stereocenters. The summed E-state index contributed by atoms with van der Waals surface area (Å²) in [4.78, 5) is 23.2. The minimum Gasteiger partial charge on any atom is -0.492 e. The summed E-state index contributed by atoms with van der Waals surface area (Å²) in [5.41, 5.74) is 3.75. The maximum absolute atomic E-state index is 12.7. The summed E-state index contributed by atoms with van der Waals surface area (Å²) in [5.74, 6) is 1.61. The van der Waals surface area contributed by atoms with Crippen LogP contribution in [0.5, 0.6) is 5.75 Å². The third-order valence-corrected chi connectivity index (χ3v) is 4.99. The monoisotopic (exact) mass is 400 g/mol. The first kappa shape index (κ1) is 19.6. The van der Waals surface area contributed by atoms with Crippen molar-refractivity contribution in [2.45, 2.75) is 20.0 Å². The zero-order valence-corrected chi connectivity index (χ0v) is 17.2. The van der Waals surface area contributed by atoms with Gasteiger partial charge in [-0.2, -0.15) is 0 Å². The van der Waals surface area contributed by atoms with Crippen LogP contribution in [-0.2, 0) is 13.1 Å². The van der Waals surface area contributed by atoms with Crippen LogP contribution in [0.1, 0.15) is 21.7 Å². The van der Waals surface area contributed by atoms with E-state index < -0.39 is 0 Å². The van der Waals surface area contributed by atoms with E-state index in [4.69, 9.17) is 9.72 Å². The summed E-state index contributed by atoms with van der Waals surface area (Å²) < 4.78 is 8.05. The number of imidazole rings is 1. The van der Waals surface area contributed by atoms with Crippen LogP contribution in [0.2, 0.25) is 0 Å². The minimum atomic E-state index is -0.0630. The Morgan fingerprint density at radius 2 is 1.77 bits per heavy atom. The summed E-state index contributed by atoms with van der Waals surface area (Å²) in [5, 5.41) is 0. The maximum atomic E-state index is 12.7. The van der Waals surface area contributed by atoms with Crippen molar-refractivity contribution < 1.29 is 9.53 Å². The van der Waals surface area contributed by atoms with Crippen molar-refractivity contribution in [3.05, 3.63) is 90.0 Å². The van der Waals surface area contributed by atoms with E-state index in [0.717, 1.165) is 22.6 Å². The Kier molecular flexibility index (Phi) is 5.75. The lowest BCUT2D eigenvalue weighted by Crippen LogP contribution is -2.28. The molecule has 2 aromatic heterocycles. The van der Waals surface area contributed by atoms with E-state index in [0.29, 0.717) is 25.3 Å². The van der Waals surface area contributed by atoms with Crippen molar-refractivity contribution in [3.8, 4) is 5.75 Å². The summed E-state index contributed by atoms with van der Waals surface area (Å²) >= 11 is 0. The molecule has 0 N–H and O–H groups in total. The number of carbonyl (C=O) groups is 1. The number of hydrogen-bond acceptors (Lipinski definition) is 4. The van der Waals surface area contributed by atoms with Crippen LogP contribution in [0, 0.1) is 6.92 Å². The summed E-state index contributed by atoms with van der Waals surface area (Å²) in [6, 6.07) is 19.5. The van der Waals surface area contributed by atoms with Crippen molar-refractivity contribution in [1.29, 1.82) is 0 Å². The van der Waals surface area contributed by atoms with Crippen LogP contribution in [0.4, 0.5) is 0 Å². The van der Waals surface area contributed by atoms with Gasteiger partial charge in [0.1, 0.15) is 18.2 Å². The molecule has 2 aromatic carbocycles. The largest absolute Gasteiger partial charge is 0.492 e. The first-order chi connectivity index (χ1) is 14.6. The topological polar surface area (TPSA) is 60.2 Å². The van der Waals surface area contributed by atoms with E-state index in [1.165, 1.54) is 5.56 Å². The lowest BCUT2D eigenvalue weighted by Gasteiger charge is -2.18. The second kappa shape index (κ2) is 8.78. The number of aromatic nitrogens is 3. The molecule has 30 heavy (non-hydrogen) atoms. The van der Waals surface area contributed by atoms with Gasteiger partial charge in [0.15, 0.2) is 0 Å². The molecule has 0 saturated carbocycles. The molecule has 0 aliphatic carbocycles. The van der Waals surface area contributed by atoms with E-state index in [-0.39, 0.29) is 5.91 Å². The summed E-state index contributed by atoms with van der Waals surface area (Å²) in [7, 11) is 1.79. The van der Waals surface area contributed by atoms with Crippen LogP contribution >= 0.6 is 0 Å². The molecule has 0 aliphatic rings. The number of amides is 1. The van der Waals surface area contributed by atoms with Crippen LogP contribution in [0.25, 0.3) is 11.0 Å². The number of aryl methyl sites for hydroxylation is 1. The van der Waals surface area contributed by atoms with E-state index in [2.05, 4.69) is 16.5 Å². The number of benzene rings is 2. The molecular formula is C24H24N4O2. The highest BCUT2D eigenvalue weighted by Crippen LogP contribution is 2.18. The number of para-hydroxylation sites is 2. The first-order valence-corrected chi connectivity index (χ1v) is 9.91. The number of nitrogens with zero attached hydrogens (tertiary/aromatic N) is 4. The Bertz CT molecular complexity index is 1140. The predicted molar refractivity (Wildman–Crippen MR) is 116 cm³/mol. The SMILES string of the molecule is Cc1ccc(OCCn2c(CN(C)C(=O)c3ccncc3)nc3ccccc32)cc1. The fourth-order valence-electron chi connectivity index (χ4n) is 3.38. The van der Waals surface area contributed by atoms with E-state index >= 15 is 0 Å². The number of pyridine rings is 1. The van der Waals surface area contributed by atoms with Crippen molar-refractivity contribution in [3.63, 3.8) is 0 Å². The van der Waals surface area contributed by atoms with Gasteiger partial charge in [0.2, 0.25) is 0 Å². The molecule has 0 bridgehead atoms. The molecule has 0 fully saturated rings. The first-order valence-electron chi connectivity index (χ1n) is 9.91. The van der Waals surface area contributed by atoms with Crippen molar-refractivity contribution >= 4 is 16.9 Å². The normalized spacial score (nSPS) is 10.9. The molecular weight excluding hydrogens is 376 g/mol. The molecule has 6 nitrogen and oxygen atoms in total. The van der Waals surface area contributed by atoms with E-state index in [1.54, 1.807) is 36.5 Å². The third-order valence-electron chi connectivity index (χ3n) is 4.99. The van der Waals surface area contributed by atoms with Gasteiger partial charge in [0.25, 0.3) is 5.91 Å². The van der Waals surface area contributed by atoms with Gasteiger partial charge >= 0.3 is 0 Å². The second-order valence-corrected chi connectivity index (χ2v) is 7.23. The van der Waals surface area contributed by atoms with Crippen LogP contribution in [0.15, 0.2) is 73.1 Å². The second-order valence-electron chi connectivity index (χ2n) is 7.23. The Balaban J connectivity index is 1.52. The highest BCUT2D eigenvalue weighted by atomic mass is 16.5. The van der Waals surface area contributed by atoms with Crippen LogP contribution in [-0.4, -0.2) is 39.0 Å². The molecule has 0 saturated heterocycles. The van der Waals surface area contributed by atoms with Crippen molar-refractivity contribution in [2.24, 2.45) is 0 Å². The smallest absolute Gasteiger partial charge is 0.254 e. The number of carbonyl (C=O) groups excluding carboxylic acids is 1. The lowest BCUT2D eigenvalue weighted by molar-refractivity contribution is 0.0780. The average Bonchev–Trinajstić information content (AvgIpc) is 3.12. The highest BCUT2D eigenvalue weighted by molar-refractivity contribution is 5.93. The zero-order chi connectivity index (χ0) is 20.9. The number of ether oxygens (including phenoxy) is 1. The number of hydrogen-bond donors (Lipinski definition) is 0. The fourth-order valence-corrected chi connectivity index (χ4v) is 3.38. The van der Waals surface area contributed by atoms with Gasteiger partial charge in [-0.05, 0) is 43.3 Å². The lowest BCUT2D eigenvalue weighted by atomic mass is 10.2. The van der Waals surface area contributed by atoms with Gasteiger partial charge in [-0.1, -0.05) is 29.8 Å². The Morgan fingerprint density at radius 1 is 1.03 bits per heavy atom. The van der Waals surface area contributed by atoms with Gasteiger partial charge in [-0.15, -0.1) is 0 Å². The van der Waals surface area contributed by atoms with Gasteiger partial charge in [-0.25, -0.2) is 4.98 Å². The predicted octanol–water partition coefficient (Wildman–Crippen LogP) is 4.09. The standard InChI is InChI=1S/C24H24N4O2/c1-18-7-9-20(10-8-18)30-16-15-28-22-6-4-3-5-21(22)26-23(28)17-27(2)24(29)19-11-13-25-14-12-19/h3-14H,15-17H2,1-2H3. The third kappa shape index (κ3) is 4.33. The van der Waals surface area contributed by atoms with Gasteiger partial charge in [-0.3, -0.25) is 9.78 Å². The molecule has 152 valence electrons. The van der Waals surface area contributed by atoms with Gasteiger partial charge in [0, 0.05) is 25.0 Å². The summed E-state index contributed by atoms with van der Waals surface area (Å²) in [6.45, 7) is 3.61. The average molecular weight is 400 g/mol. The van der Waals surface area contributed by atoms with Crippen molar-refractivity contribution in [2.75, 3.05) is 13.7 Å². The van der Waals surface area contributed by atoms with Gasteiger partial charge < -0.3 is 14.2 Å². The Labute approximate surface area is 175 Å². The van der Waals surface area contributed by atoms with Gasteiger partial charge in [0.05, 0.1) is 24.1 Å². The van der Waals surface area contributed by atoms with E-state index in [1.807, 2.05) is 48.5 Å². The Hall–Kier alpha value is -3.67.